The SMILES string of the molecule is c1ccc(COC[C@H]2CN(C3CCC3)Cc3ccnn32)nc1. The number of fused-ring (bicyclic) bond motifs is 1. The van der Waals surface area contributed by atoms with Crippen molar-refractivity contribution >= 4 is 0 Å². The van der Waals surface area contributed by atoms with E-state index in [1.54, 1.807) is 0 Å². The topological polar surface area (TPSA) is 43.2 Å². The van der Waals surface area contributed by atoms with Crippen molar-refractivity contribution in [1.82, 2.24) is 19.7 Å². The average molecular weight is 298 g/mol. The van der Waals surface area contributed by atoms with E-state index in [-0.39, 0.29) is 0 Å². The van der Waals surface area contributed by atoms with E-state index in [1.165, 1.54) is 25.0 Å². The number of aromatic nitrogens is 3. The van der Waals surface area contributed by atoms with Gasteiger partial charge < -0.3 is 4.74 Å². The summed E-state index contributed by atoms with van der Waals surface area (Å²) < 4.78 is 8.06. The molecule has 1 aliphatic heterocycles. The zero-order valence-corrected chi connectivity index (χ0v) is 12.8. The van der Waals surface area contributed by atoms with Gasteiger partial charge in [0.05, 0.1) is 30.6 Å². The molecule has 0 amide bonds. The highest BCUT2D eigenvalue weighted by atomic mass is 16.5. The van der Waals surface area contributed by atoms with Crippen LogP contribution in [0.3, 0.4) is 0 Å². The van der Waals surface area contributed by atoms with E-state index < -0.39 is 0 Å². The van der Waals surface area contributed by atoms with Gasteiger partial charge in [0.15, 0.2) is 0 Å². The van der Waals surface area contributed by atoms with Gasteiger partial charge in [-0.1, -0.05) is 12.5 Å². The van der Waals surface area contributed by atoms with Gasteiger partial charge in [0.1, 0.15) is 0 Å². The van der Waals surface area contributed by atoms with E-state index in [1.807, 2.05) is 30.6 Å². The first-order valence-electron chi connectivity index (χ1n) is 8.14. The van der Waals surface area contributed by atoms with Gasteiger partial charge in [-0.15, -0.1) is 0 Å². The smallest absolute Gasteiger partial charge is 0.0888 e. The third-order valence-corrected chi connectivity index (χ3v) is 4.79. The Hall–Kier alpha value is -1.72. The second-order valence-corrected chi connectivity index (χ2v) is 6.27. The van der Waals surface area contributed by atoms with Crippen LogP contribution in [0, 0.1) is 0 Å². The summed E-state index contributed by atoms with van der Waals surface area (Å²) in [5.41, 5.74) is 2.29. The van der Waals surface area contributed by atoms with E-state index in [4.69, 9.17) is 4.74 Å². The van der Waals surface area contributed by atoms with Gasteiger partial charge in [-0.2, -0.15) is 5.10 Å². The first kappa shape index (κ1) is 13.9. The van der Waals surface area contributed by atoms with Gasteiger partial charge in [0.2, 0.25) is 0 Å². The van der Waals surface area contributed by atoms with Crippen molar-refractivity contribution in [1.29, 1.82) is 0 Å². The predicted octanol–water partition coefficient (Wildman–Crippen LogP) is 2.40. The fourth-order valence-electron chi connectivity index (χ4n) is 3.35. The van der Waals surface area contributed by atoms with Crippen LogP contribution < -0.4 is 0 Å². The highest BCUT2D eigenvalue weighted by molar-refractivity contribution is 5.07. The molecule has 22 heavy (non-hydrogen) atoms. The Morgan fingerprint density at radius 1 is 1.18 bits per heavy atom. The molecule has 4 rings (SSSR count). The summed E-state index contributed by atoms with van der Waals surface area (Å²) in [7, 11) is 0. The molecule has 1 atom stereocenters. The molecule has 3 heterocycles. The maximum atomic E-state index is 5.92. The fraction of sp³-hybridized carbons (Fsp3) is 0.529. The van der Waals surface area contributed by atoms with Crippen LogP contribution in [-0.2, 0) is 17.9 Å². The third-order valence-electron chi connectivity index (χ3n) is 4.79. The van der Waals surface area contributed by atoms with Crippen molar-refractivity contribution in [2.24, 2.45) is 0 Å². The molecule has 0 unspecified atom stereocenters. The number of rotatable bonds is 5. The lowest BCUT2D eigenvalue weighted by Gasteiger charge is -2.42. The Kier molecular flexibility index (Phi) is 3.91. The maximum absolute atomic E-state index is 5.92. The number of hydrogen-bond donors (Lipinski definition) is 0. The highest BCUT2D eigenvalue weighted by Crippen LogP contribution is 2.30. The quantitative estimate of drug-likeness (QED) is 0.850. The zero-order valence-electron chi connectivity index (χ0n) is 12.8. The Morgan fingerprint density at radius 3 is 2.91 bits per heavy atom. The molecule has 5 nitrogen and oxygen atoms in total. The van der Waals surface area contributed by atoms with Crippen molar-refractivity contribution in [3.8, 4) is 0 Å². The fourth-order valence-corrected chi connectivity index (χ4v) is 3.35. The van der Waals surface area contributed by atoms with Gasteiger partial charge in [-0.25, -0.2) is 0 Å². The standard InChI is InChI=1S/C17H22N4O/c1-2-8-18-14(4-1)12-22-13-17-11-20(15-5-3-6-15)10-16-7-9-19-21(16)17/h1-2,4,7-9,15,17H,3,5-6,10-13H2/t17-/m1/s1. The van der Waals surface area contributed by atoms with Gasteiger partial charge in [-0.3, -0.25) is 14.6 Å². The Balaban J connectivity index is 1.39. The summed E-state index contributed by atoms with van der Waals surface area (Å²) in [5.74, 6) is 0. The van der Waals surface area contributed by atoms with Crippen LogP contribution in [0.2, 0.25) is 0 Å². The van der Waals surface area contributed by atoms with E-state index in [2.05, 4.69) is 25.7 Å². The minimum absolute atomic E-state index is 0.308. The molecule has 1 fully saturated rings. The number of hydrogen-bond acceptors (Lipinski definition) is 4. The molecule has 2 aromatic heterocycles. The van der Waals surface area contributed by atoms with Crippen molar-refractivity contribution in [2.45, 2.75) is 44.5 Å². The molecule has 0 saturated heterocycles. The van der Waals surface area contributed by atoms with Gasteiger partial charge >= 0.3 is 0 Å². The van der Waals surface area contributed by atoms with E-state index in [0.29, 0.717) is 19.3 Å². The number of pyridine rings is 1. The largest absolute Gasteiger partial charge is 0.373 e. The summed E-state index contributed by atoms with van der Waals surface area (Å²) in [4.78, 5) is 6.91. The maximum Gasteiger partial charge on any atom is 0.0888 e. The van der Waals surface area contributed by atoms with Crippen molar-refractivity contribution in [3.05, 3.63) is 48.0 Å². The van der Waals surface area contributed by atoms with Crippen LogP contribution in [0.4, 0.5) is 0 Å². The monoisotopic (exact) mass is 298 g/mol. The number of ether oxygens (including phenoxy) is 1. The third kappa shape index (κ3) is 2.78. The molecule has 1 aliphatic carbocycles. The lowest BCUT2D eigenvalue weighted by atomic mass is 9.90. The Bertz CT molecular complexity index is 608. The van der Waals surface area contributed by atoms with E-state index in [0.717, 1.165) is 24.8 Å². The Morgan fingerprint density at radius 2 is 2.14 bits per heavy atom. The molecule has 5 heteroatoms. The van der Waals surface area contributed by atoms with E-state index >= 15 is 0 Å². The second-order valence-electron chi connectivity index (χ2n) is 6.27. The van der Waals surface area contributed by atoms with Crippen LogP contribution in [0.25, 0.3) is 0 Å². The Labute approximate surface area is 130 Å². The average Bonchev–Trinajstić information content (AvgIpc) is 2.95. The lowest BCUT2D eigenvalue weighted by Crippen LogP contribution is -2.47. The summed E-state index contributed by atoms with van der Waals surface area (Å²) in [6, 6.07) is 9.13. The minimum atomic E-state index is 0.308. The predicted molar refractivity (Wildman–Crippen MR) is 83.2 cm³/mol. The molecular weight excluding hydrogens is 276 g/mol. The summed E-state index contributed by atoms with van der Waals surface area (Å²) in [6.45, 7) is 3.33. The van der Waals surface area contributed by atoms with Crippen molar-refractivity contribution in [3.63, 3.8) is 0 Å². The van der Waals surface area contributed by atoms with Gasteiger partial charge in [0, 0.05) is 31.5 Å². The van der Waals surface area contributed by atoms with Crippen LogP contribution in [0.15, 0.2) is 36.7 Å². The van der Waals surface area contributed by atoms with Crippen molar-refractivity contribution < 1.29 is 4.74 Å². The second kappa shape index (κ2) is 6.18. The highest BCUT2D eigenvalue weighted by Gasteiger charge is 2.32. The van der Waals surface area contributed by atoms with Crippen LogP contribution in [0.5, 0.6) is 0 Å². The van der Waals surface area contributed by atoms with Gasteiger partial charge in [0.25, 0.3) is 0 Å². The van der Waals surface area contributed by atoms with Crippen LogP contribution in [-0.4, -0.2) is 38.9 Å². The summed E-state index contributed by atoms with van der Waals surface area (Å²) in [5, 5.41) is 4.50. The number of nitrogens with zero attached hydrogens (tertiary/aromatic N) is 4. The molecule has 2 aliphatic rings. The molecule has 0 N–H and O–H groups in total. The first-order valence-corrected chi connectivity index (χ1v) is 8.14. The molecule has 1 saturated carbocycles. The summed E-state index contributed by atoms with van der Waals surface area (Å²) >= 11 is 0. The minimum Gasteiger partial charge on any atom is -0.373 e. The molecule has 2 aromatic rings. The molecule has 0 aromatic carbocycles. The summed E-state index contributed by atoms with van der Waals surface area (Å²) in [6.07, 6.45) is 7.78. The van der Waals surface area contributed by atoms with Crippen LogP contribution >= 0.6 is 0 Å². The van der Waals surface area contributed by atoms with E-state index in [9.17, 15) is 0 Å². The lowest BCUT2D eigenvalue weighted by molar-refractivity contribution is 0.0255. The molecule has 116 valence electrons. The normalized spacial score (nSPS) is 22.3. The zero-order chi connectivity index (χ0) is 14.8. The molecule has 0 spiro atoms. The molecular formula is C17H22N4O. The van der Waals surface area contributed by atoms with Crippen LogP contribution in [0.1, 0.15) is 36.7 Å². The first-order chi connectivity index (χ1) is 10.9. The van der Waals surface area contributed by atoms with Gasteiger partial charge in [-0.05, 0) is 31.0 Å². The van der Waals surface area contributed by atoms with Crippen molar-refractivity contribution in [2.75, 3.05) is 13.2 Å². The molecule has 0 bridgehead atoms. The molecule has 0 radical (unpaired) electrons.